The standard InChI is InChI=1S/C23H26N2O6/c1-28-15-7-5-14(6-8-15)11-19-22(23(27)25-24-19)18(13-21(26)31-4)17-10-9-16(29-2)12-20(17)30-3/h5-10,12,18H,11,13H2,1-4H3,(H2,24,25,27)/t18-/m1/s1. The Kier molecular flexibility index (Phi) is 7.02. The Morgan fingerprint density at radius 2 is 1.58 bits per heavy atom. The van der Waals surface area contributed by atoms with Gasteiger partial charge in [0.15, 0.2) is 0 Å². The van der Waals surface area contributed by atoms with Gasteiger partial charge in [0.1, 0.15) is 17.2 Å². The molecule has 0 unspecified atom stereocenters. The minimum absolute atomic E-state index is 0.0181. The van der Waals surface area contributed by atoms with Gasteiger partial charge in [-0.05, 0) is 23.8 Å². The number of rotatable bonds is 9. The molecule has 0 fully saturated rings. The Bertz CT molecular complexity index is 1080. The number of carbonyl (C=O) groups is 1. The second-order valence-electron chi connectivity index (χ2n) is 6.94. The first-order valence-electron chi connectivity index (χ1n) is 9.71. The predicted octanol–water partition coefficient (Wildman–Crippen LogP) is 3.01. The third-order valence-electron chi connectivity index (χ3n) is 5.20. The molecule has 3 rings (SSSR count). The van der Waals surface area contributed by atoms with Crippen LogP contribution in [0.15, 0.2) is 47.3 Å². The molecular weight excluding hydrogens is 400 g/mol. The summed E-state index contributed by atoms with van der Waals surface area (Å²) in [7, 11) is 6.03. The number of ether oxygens (including phenoxy) is 4. The molecule has 3 aromatic rings. The van der Waals surface area contributed by atoms with Gasteiger partial charge < -0.3 is 24.0 Å². The molecular formula is C23H26N2O6. The first-order chi connectivity index (χ1) is 15.0. The summed E-state index contributed by atoms with van der Waals surface area (Å²) in [6.45, 7) is 0. The first-order valence-corrected chi connectivity index (χ1v) is 9.71. The van der Waals surface area contributed by atoms with Crippen LogP contribution in [0.2, 0.25) is 0 Å². The van der Waals surface area contributed by atoms with Crippen LogP contribution in [0.3, 0.4) is 0 Å². The molecule has 0 radical (unpaired) electrons. The predicted molar refractivity (Wildman–Crippen MR) is 115 cm³/mol. The quantitative estimate of drug-likeness (QED) is 0.510. The van der Waals surface area contributed by atoms with Crippen LogP contribution in [-0.2, 0) is 16.0 Å². The van der Waals surface area contributed by atoms with Crippen LogP contribution >= 0.6 is 0 Å². The molecule has 0 saturated carbocycles. The summed E-state index contributed by atoms with van der Waals surface area (Å²) in [4.78, 5) is 25.1. The summed E-state index contributed by atoms with van der Waals surface area (Å²) < 4.78 is 20.9. The summed E-state index contributed by atoms with van der Waals surface area (Å²) in [6.07, 6.45) is 0.448. The second kappa shape index (κ2) is 9.88. The van der Waals surface area contributed by atoms with Crippen molar-refractivity contribution in [2.24, 2.45) is 0 Å². The van der Waals surface area contributed by atoms with E-state index in [0.29, 0.717) is 34.7 Å². The van der Waals surface area contributed by atoms with Crippen molar-refractivity contribution < 1.29 is 23.7 Å². The minimum atomic E-state index is -0.573. The molecule has 1 atom stereocenters. The SMILES string of the molecule is COC(=O)C[C@H](c1ccc(OC)cc1OC)c1c(Cc2ccc(OC)cc2)[nH][nH]c1=O. The zero-order valence-electron chi connectivity index (χ0n) is 18.0. The van der Waals surface area contributed by atoms with Crippen molar-refractivity contribution >= 4 is 5.97 Å². The number of nitrogens with one attached hydrogen (secondary N) is 2. The van der Waals surface area contributed by atoms with Crippen molar-refractivity contribution in [3.8, 4) is 17.2 Å². The minimum Gasteiger partial charge on any atom is -0.497 e. The summed E-state index contributed by atoms with van der Waals surface area (Å²) in [6, 6.07) is 12.9. The maximum absolute atomic E-state index is 12.8. The molecule has 2 aromatic carbocycles. The molecule has 0 aliphatic rings. The van der Waals surface area contributed by atoms with Crippen LogP contribution in [0.4, 0.5) is 0 Å². The molecule has 0 spiro atoms. The maximum Gasteiger partial charge on any atom is 0.306 e. The maximum atomic E-state index is 12.8. The Morgan fingerprint density at radius 3 is 2.19 bits per heavy atom. The zero-order chi connectivity index (χ0) is 22.4. The number of H-pyrrole nitrogens is 2. The van der Waals surface area contributed by atoms with E-state index in [1.54, 1.807) is 32.4 Å². The highest BCUT2D eigenvalue weighted by Gasteiger charge is 2.28. The van der Waals surface area contributed by atoms with Crippen molar-refractivity contribution in [3.63, 3.8) is 0 Å². The highest BCUT2D eigenvalue weighted by Crippen LogP contribution is 2.37. The zero-order valence-corrected chi connectivity index (χ0v) is 18.0. The van der Waals surface area contributed by atoms with E-state index in [4.69, 9.17) is 18.9 Å². The van der Waals surface area contributed by atoms with E-state index in [0.717, 1.165) is 11.3 Å². The smallest absolute Gasteiger partial charge is 0.306 e. The molecule has 8 heteroatoms. The number of hydrogen-bond acceptors (Lipinski definition) is 6. The van der Waals surface area contributed by atoms with Gasteiger partial charge in [0.2, 0.25) is 0 Å². The summed E-state index contributed by atoms with van der Waals surface area (Å²) in [5.74, 6) is 0.872. The molecule has 0 aliphatic heterocycles. The number of carbonyl (C=O) groups excluding carboxylic acids is 1. The lowest BCUT2D eigenvalue weighted by molar-refractivity contribution is -0.140. The van der Waals surface area contributed by atoms with E-state index >= 15 is 0 Å². The number of methoxy groups -OCH3 is 4. The van der Waals surface area contributed by atoms with Crippen LogP contribution < -0.4 is 19.8 Å². The Balaban J connectivity index is 2.07. The third kappa shape index (κ3) is 4.91. The van der Waals surface area contributed by atoms with E-state index in [2.05, 4.69) is 10.2 Å². The van der Waals surface area contributed by atoms with Gasteiger partial charge in [-0.1, -0.05) is 18.2 Å². The summed E-state index contributed by atoms with van der Waals surface area (Å²) in [5.41, 5.74) is 2.52. The Morgan fingerprint density at radius 1 is 0.903 bits per heavy atom. The molecule has 0 aliphatic carbocycles. The number of aromatic amines is 2. The number of benzene rings is 2. The van der Waals surface area contributed by atoms with Crippen molar-refractivity contribution in [1.82, 2.24) is 10.2 Å². The van der Waals surface area contributed by atoms with Crippen molar-refractivity contribution in [3.05, 3.63) is 75.2 Å². The van der Waals surface area contributed by atoms with Gasteiger partial charge in [0, 0.05) is 35.2 Å². The fraction of sp³-hybridized carbons (Fsp3) is 0.304. The lowest BCUT2D eigenvalue weighted by Crippen LogP contribution is -2.18. The van der Waals surface area contributed by atoms with E-state index in [9.17, 15) is 9.59 Å². The first kappa shape index (κ1) is 22.0. The molecule has 8 nitrogen and oxygen atoms in total. The average Bonchev–Trinajstić information content (AvgIpc) is 3.16. The highest BCUT2D eigenvalue weighted by molar-refractivity contribution is 5.72. The topological polar surface area (TPSA) is 103 Å². The van der Waals surface area contributed by atoms with E-state index in [1.165, 1.54) is 14.2 Å². The molecule has 31 heavy (non-hydrogen) atoms. The fourth-order valence-electron chi connectivity index (χ4n) is 3.58. The van der Waals surface area contributed by atoms with E-state index in [1.807, 2.05) is 24.3 Å². The summed E-state index contributed by atoms with van der Waals surface area (Å²) in [5, 5.41) is 5.62. The van der Waals surface area contributed by atoms with Gasteiger partial charge in [-0.25, -0.2) is 0 Å². The molecule has 164 valence electrons. The second-order valence-corrected chi connectivity index (χ2v) is 6.94. The van der Waals surface area contributed by atoms with Crippen molar-refractivity contribution in [2.75, 3.05) is 28.4 Å². The highest BCUT2D eigenvalue weighted by atomic mass is 16.5. The molecule has 0 amide bonds. The third-order valence-corrected chi connectivity index (χ3v) is 5.20. The largest absolute Gasteiger partial charge is 0.497 e. The van der Waals surface area contributed by atoms with Gasteiger partial charge in [-0.2, -0.15) is 0 Å². The van der Waals surface area contributed by atoms with Crippen LogP contribution in [0.5, 0.6) is 17.2 Å². The lowest BCUT2D eigenvalue weighted by atomic mass is 9.86. The summed E-state index contributed by atoms with van der Waals surface area (Å²) >= 11 is 0. The van der Waals surface area contributed by atoms with Crippen molar-refractivity contribution in [1.29, 1.82) is 0 Å². The van der Waals surface area contributed by atoms with Crippen LogP contribution in [0, 0.1) is 0 Å². The van der Waals surface area contributed by atoms with Gasteiger partial charge in [-0.3, -0.25) is 14.7 Å². The molecule has 2 N–H and O–H groups in total. The molecule has 1 heterocycles. The Hall–Kier alpha value is -3.68. The van der Waals surface area contributed by atoms with E-state index in [-0.39, 0.29) is 12.0 Å². The van der Waals surface area contributed by atoms with Crippen LogP contribution in [0.25, 0.3) is 0 Å². The molecule has 1 aromatic heterocycles. The van der Waals surface area contributed by atoms with Gasteiger partial charge in [0.05, 0.1) is 34.9 Å². The monoisotopic (exact) mass is 426 g/mol. The Labute approximate surface area is 180 Å². The normalized spacial score (nSPS) is 11.6. The van der Waals surface area contributed by atoms with Gasteiger partial charge in [0.25, 0.3) is 5.56 Å². The van der Waals surface area contributed by atoms with Gasteiger partial charge in [-0.15, -0.1) is 0 Å². The lowest BCUT2D eigenvalue weighted by Gasteiger charge is -2.19. The average molecular weight is 426 g/mol. The molecule has 0 bridgehead atoms. The van der Waals surface area contributed by atoms with Crippen molar-refractivity contribution in [2.45, 2.75) is 18.8 Å². The number of hydrogen-bond donors (Lipinski definition) is 2. The van der Waals surface area contributed by atoms with Crippen LogP contribution in [0.1, 0.15) is 34.7 Å². The van der Waals surface area contributed by atoms with Crippen LogP contribution in [-0.4, -0.2) is 44.6 Å². The molecule has 0 saturated heterocycles. The fourth-order valence-corrected chi connectivity index (χ4v) is 3.58. The van der Waals surface area contributed by atoms with E-state index < -0.39 is 11.9 Å². The number of esters is 1. The number of aromatic nitrogens is 2. The van der Waals surface area contributed by atoms with Gasteiger partial charge >= 0.3 is 5.97 Å².